The van der Waals surface area contributed by atoms with E-state index in [0.29, 0.717) is 29.7 Å². The summed E-state index contributed by atoms with van der Waals surface area (Å²) in [4.78, 5) is 42.7. The number of amidine groups is 1. The summed E-state index contributed by atoms with van der Waals surface area (Å²) in [5.74, 6) is -0.921. The second-order valence-corrected chi connectivity index (χ2v) is 7.82. The Kier molecular flexibility index (Phi) is 7.30. The van der Waals surface area contributed by atoms with Crippen molar-refractivity contribution in [3.8, 4) is 5.75 Å². The van der Waals surface area contributed by atoms with E-state index >= 15 is 0 Å². The van der Waals surface area contributed by atoms with Gasteiger partial charge in [0, 0.05) is 18.7 Å². The lowest BCUT2D eigenvalue weighted by Gasteiger charge is -2.30. The molecule has 3 rings (SSSR count). The van der Waals surface area contributed by atoms with E-state index in [1.165, 1.54) is 23.9 Å². The van der Waals surface area contributed by atoms with Crippen LogP contribution in [0.4, 0.5) is 11.4 Å². The number of carbonyl (C=O) groups is 3. The quantitative estimate of drug-likeness (QED) is 0.677. The Morgan fingerprint density at radius 2 is 1.97 bits per heavy atom. The molecule has 0 aromatic heterocycles. The first-order chi connectivity index (χ1) is 14.9. The fraction of sp³-hybridized carbons (Fsp3) is 0.273. The fourth-order valence-electron chi connectivity index (χ4n) is 3.00. The van der Waals surface area contributed by atoms with Crippen molar-refractivity contribution in [3.63, 3.8) is 0 Å². The SMILES string of the molecule is CCOc1ccc(N=C2SC(C(=O)Nc3cccc(C(=O)O)c3)CC(=O)N2CC)cc1. The molecule has 0 aliphatic carbocycles. The lowest BCUT2D eigenvalue weighted by Crippen LogP contribution is -2.45. The van der Waals surface area contributed by atoms with Gasteiger partial charge in [-0.2, -0.15) is 0 Å². The zero-order chi connectivity index (χ0) is 22.4. The van der Waals surface area contributed by atoms with Crippen molar-refractivity contribution >= 4 is 46.1 Å². The summed E-state index contributed by atoms with van der Waals surface area (Å²) in [7, 11) is 0. The third-order valence-electron chi connectivity index (χ3n) is 4.50. The number of benzene rings is 2. The van der Waals surface area contributed by atoms with Crippen LogP contribution in [0.3, 0.4) is 0 Å². The van der Waals surface area contributed by atoms with Crippen LogP contribution in [0.1, 0.15) is 30.6 Å². The second kappa shape index (κ2) is 10.1. The number of carbonyl (C=O) groups excluding carboxylic acids is 2. The molecule has 31 heavy (non-hydrogen) atoms. The molecule has 0 bridgehead atoms. The Hall–Kier alpha value is -3.33. The lowest BCUT2D eigenvalue weighted by molar-refractivity contribution is -0.129. The van der Waals surface area contributed by atoms with Crippen LogP contribution < -0.4 is 10.1 Å². The summed E-state index contributed by atoms with van der Waals surface area (Å²) in [5, 5.41) is 11.6. The van der Waals surface area contributed by atoms with Gasteiger partial charge in [0.05, 0.1) is 17.9 Å². The topological polar surface area (TPSA) is 108 Å². The van der Waals surface area contributed by atoms with Crippen molar-refractivity contribution in [2.45, 2.75) is 25.5 Å². The smallest absolute Gasteiger partial charge is 0.335 e. The number of nitrogens with one attached hydrogen (secondary N) is 1. The van der Waals surface area contributed by atoms with Gasteiger partial charge in [-0.3, -0.25) is 14.5 Å². The second-order valence-electron chi connectivity index (χ2n) is 6.65. The molecule has 0 saturated carbocycles. The Morgan fingerprint density at radius 3 is 2.61 bits per heavy atom. The molecular formula is C22H23N3O5S. The molecule has 1 aliphatic rings. The molecule has 0 radical (unpaired) electrons. The minimum atomic E-state index is -1.08. The van der Waals surface area contributed by atoms with Gasteiger partial charge in [0.2, 0.25) is 11.8 Å². The molecule has 2 N–H and O–H groups in total. The third-order valence-corrected chi connectivity index (χ3v) is 5.69. The summed E-state index contributed by atoms with van der Waals surface area (Å²) in [6.07, 6.45) is 0.0330. The number of carboxylic acid groups (broad SMARTS) is 1. The Morgan fingerprint density at radius 1 is 1.23 bits per heavy atom. The summed E-state index contributed by atoms with van der Waals surface area (Å²) in [6, 6.07) is 13.2. The van der Waals surface area contributed by atoms with Gasteiger partial charge in [-0.25, -0.2) is 9.79 Å². The van der Waals surface area contributed by atoms with E-state index in [4.69, 9.17) is 9.84 Å². The molecule has 1 heterocycles. The van der Waals surface area contributed by atoms with Crippen LogP contribution in [-0.2, 0) is 9.59 Å². The van der Waals surface area contributed by atoms with Crippen molar-refractivity contribution < 1.29 is 24.2 Å². The number of ether oxygens (including phenoxy) is 1. The maximum Gasteiger partial charge on any atom is 0.335 e. The summed E-state index contributed by atoms with van der Waals surface area (Å²) < 4.78 is 5.43. The van der Waals surface area contributed by atoms with E-state index in [0.717, 1.165) is 5.75 Å². The van der Waals surface area contributed by atoms with Gasteiger partial charge in [0.25, 0.3) is 0 Å². The van der Waals surface area contributed by atoms with Gasteiger partial charge < -0.3 is 15.2 Å². The number of amides is 2. The van der Waals surface area contributed by atoms with E-state index in [2.05, 4.69) is 10.3 Å². The van der Waals surface area contributed by atoms with Crippen molar-refractivity contribution in [1.29, 1.82) is 0 Å². The molecule has 162 valence electrons. The molecular weight excluding hydrogens is 418 g/mol. The molecule has 1 unspecified atom stereocenters. The molecule has 1 saturated heterocycles. The van der Waals surface area contributed by atoms with E-state index < -0.39 is 11.2 Å². The van der Waals surface area contributed by atoms with Gasteiger partial charge in [0.15, 0.2) is 5.17 Å². The first kappa shape index (κ1) is 22.4. The standard InChI is InChI=1S/C22H23N3O5S/c1-3-25-19(26)13-18(20(27)23-16-7-5-6-14(12-16)21(28)29)31-22(25)24-15-8-10-17(11-9-15)30-4-2/h5-12,18H,3-4,13H2,1-2H3,(H,23,27)(H,28,29). The summed E-state index contributed by atoms with van der Waals surface area (Å²) in [6.45, 7) is 4.76. The predicted molar refractivity (Wildman–Crippen MR) is 120 cm³/mol. The number of hydrogen-bond acceptors (Lipinski definition) is 6. The highest BCUT2D eigenvalue weighted by Crippen LogP contribution is 2.30. The number of carboxylic acids is 1. The molecule has 9 heteroatoms. The lowest BCUT2D eigenvalue weighted by atomic mass is 10.2. The Bertz CT molecular complexity index is 1010. The maximum atomic E-state index is 12.8. The molecule has 2 aromatic carbocycles. The van der Waals surface area contributed by atoms with Gasteiger partial charge in [0.1, 0.15) is 11.0 Å². The van der Waals surface area contributed by atoms with Crippen molar-refractivity contribution in [2.24, 2.45) is 4.99 Å². The number of hydrogen-bond donors (Lipinski definition) is 2. The normalized spacial score (nSPS) is 17.5. The highest BCUT2D eigenvalue weighted by molar-refractivity contribution is 8.15. The number of thioether (sulfide) groups is 1. The van der Waals surface area contributed by atoms with Gasteiger partial charge in [-0.05, 0) is 56.3 Å². The van der Waals surface area contributed by atoms with E-state index in [1.807, 2.05) is 13.8 Å². The zero-order valence-corrected chi connectivity index (χ0v) is 18.0. The largest absolute Gasteiger partial charge is 0.494 e. The molecule has 2 aromatic rings. The minimum Gasteiger partial charge on any atom is -0.494 e. The zero-order valence-electron chi connectivity index (χ0n) is 17.2. The summed E-state index contributed by atoms with van der Waals surface area (Å²) >= 11 is 1.21. The maximum absolute atomic E-state index is 12.8. The highest BCUT2D eigenvalue weighted by Gasteiger charge is 2.35. The highest BCUT2D eigenvalue weighted by atomic mass is 32.2. The van der Waals surface area contributed by atoms with E-state index in [-0.39, 0.29) is 23.8 Å². The van der Waals surface area contributed by atoms with Gasteiger partial charge >= 0.3 is 5.97 Å². The van der Waals surface area contributed by atoms with E-state index in [9.17, 15) is 14.4 Å². The molecule has 2 amide bonds. The predicted octanol–water partition coefficient (Wildman–Crippen LogP) is 3.76. The third kappa shape index (κ3) is 5.64. The molecule has 1 aliphatic heterocycles. The number of nitrogens with zero attached hydrogens (tertiary/aromatic N) is 2. The van der Waals surface area contributed by atoms with Crippen LogP contribution >= 0.6 is 11.8 Å². The average molecular weight is 442 g/mol. The van der Waals surface area contributed by atoms with Crippen LogP contribution in [0.15, 0.2) is 53.5 Å². The fourth-order valence-corrected chi connectivity index (χ4v) is 4.16. The van der Waals surface area contributed by atoms with Crippen molar-refractivity contribution in [1.82, 2.24) is 4.90 Å². The Balaban J connectivity index is 1.78. The first-order valence-corrected chi connectivity index (χ1v) is 10.7. The Labute approximate surface area is 184 Å². The van der Waals surface area contributed by atoms with Crippen molar-refractivity contribution in [3.05, 3.63) is 54.1 Å². The van der Waals surface area contributed by atoms with Gasteiger partial charge in [-0.1, -0.05) is 17.8 Å². The minimum absolute atomic E-state index is 0.0330. The van der Waals surface area contributed by atoms with Crippen LogP contribution in [0.5, 0.6) is 5.75 Å². The van der Waals surface area contributed by atoms with Crippen LogP contribution in [0.25, 0.3) is 0 Å². The molecule has 1 fully saturated rings. The molecule has 0 spiro atoms. The number of rotatable bonds is 7. The average Bonchev–Trinajstić information content (AvgIpc) is 2.75. The van der Waals surface area contributed by atoms with Crippen LogP contribution in [0, 0.1) is 0 Å². The van der Waals surface area contributed by atoms with Crippen molar-refractivity contribution in [2.75, 3.05) is 18.5 Å². The number of aromatic carboxylic acids is 1. The molecule has 8 nitrogen and oxygen atoms in total. The number of anilines is 1. The van der Waals surface area contributed by atoms with Gasteiger partial charge in [-0.15, -0.1) is 0 Å². The van der Waals surface area contributed by atoms with Crippen LogP contribution in [0.2, 0.25) is 0 Å². The number of aliphatic imine (C=N–C) groups is 1. The van der Waals surface area contributed by atoms with Crippen LogP contribution in [-0.4, -0.2) is 51.4 Å². The monoisotopic (exact) mass is 441 g/mol. The van der Waals surface area contributed by atoms with E-state index in [1.54, 1.807) is 41.3 Å². The summed E-state index contributed by atoms with van der Waals surface area (Å²) in [5.41, 5.74) is 1.08. The first-order valence-electron chi connectivity index (χ1n) is 9.84. The molecule has 1 atom stereocenters.